The van der Waals surface area contributed by atoms with E-state index in [9.17, 15) is 4.79 Å². The summed E-state index contributed by atoms with van der Waals surface area (Å²) in [5.74, 6) is -0.157. The lowest BCUT2D eigenvalue weighted by molar-refractivity contribution is -0.116. The third-order valence-corrected chi connectivity index (χ3v) is 3.93. The number of anilines is 1. The molecular formula is C13H11ClN6OS. The Morgan fingerprint density at radius 3 is 2.95 bits per heavy atom. The van der Waals surface area contributed by atoms with Gasteiger partial charge in [0, 0.05) is 0 Å². The second-order valence-corrected chi connectivity index (χ2v) is 5.65. The predicted molar refractivity (Wildman–Crippen MR) is 82.8 cm³/mol. The van der Waals surface area contributed by atoms with Crippen molar-refractivity contribution in [3.05, 3.63) is 52.2 Å². The van der Waals surface area contributed by atoms with Gasteiger partial charge < -0.3 is 5.32 Å². The third-order valence-electron chi connectivity index (χ3n) is 3.00. The zero-order chi connectivity index (χ0) is 15.4. The van der Waals surface area contributed by atoms with E-state index in [0.29, 0.717) is 10.8 Å². The maximum atomic E-state index is 12.2. The maximum Gasteiger partial charge on any atom is 0.226 e. The Labute approximate surface area is 134 Å². The van der Waals surface area contributed by atoms with Crippen LogP contribution in [0.4, 0.5) is 5.69 Å². The molecule has 3 aromatic rings. The molecule has 9 heteroatoms. The van der Waals surface area contributed by atoms with E-state index in [4.69, 9.17) is 11.6 Å². The van der Waals surface area contributed by atoms with Crippen molar-refractivity contribution in [3.8, 4) is 0 Å². The Bertz CT molecular complexity index is 694. The summed E-state index contributed by atoms with van der Waals surface area (Å²) in [7, 11) is 0. The lowest BCUT2D eigenvalue weighted by Gasteiger charge is -2.15. The molecule has 1 amide bonds. The van der Waals surface area contributed by atoms with Crippen molar-refractivity contribution < 1.29 is 4.79 Å². The summed E-state index contributed by atoms with van der Waals surface area (Å²) in [4.78, 5) is 16.2. The summed E-state index contributed by atoms with van der Waals surface area (Å²) in [6, 6.07) is 5.02. The molecule has 0 aliphatic heterocycles. The van der Waals surface area contributed by atoms with Gasteiger partial charge in [-0.3, -0.25) is 4.79 Å². The standard InChI is InChI=1S/C13H11ClN6OS/c14-12-2-1-10(6-15-12)17-13(21)5-11(9-3-4-22-7-9)20-8-16-18-19-20/h1-4,6-8,11H,5H2,(H,17,21)/t11-/m0/s1. The summed E-state index contributed by atoms with van der Waals surface area (Å²) in [5, 5.41) is 18.3. The number of tetrazole rings is 1. The Hall–Kier alpha value is -2.32. The summed E-state index contributed by atoms with van der Waals surface area (Å²) in [6.07, 6.45) is 3.22. The Morgan fingerprint density at radius 2 is 2.32 bits per heavy atom. The van der Waals surface area contributed by atoms with Crippen molar-refractivity contribution in [2.24, 2.45) is 0 Å². The molecule has 7 nitrogen and oxygen atoms in total. The molecular weight excluding hydrogens is 324 g/mol. The van der Waals surface area contributed by atoms with Gasteiger partial charge in [0.25, 0.3) is 0 Å². The first-order chi connectivity index (χ1) is 10.7. The zero-order valence-electron chi connectivity index (χ0n) is 11.3. The van der Waals surface area contributed by atoms with Gasteiger partial charge in [0.2, 0.25) is 5.91 Å². The second-order valence-electron chi connectivity index (χ2n) is 4.48. The molecule has 0 saturated carbocycles. The average molecular weight is 335 g/mol. The number of nitrogens with one attached hydrogen (secondary N) is 1. The minimum Gasteiger partial charge on any atom is -0.325 e. The summed E-state index contributed by atoms with van der Waals surface area (Å²) < 4.78 is 1.57. The van der Waals surface area contributed by atoms with Gasteiger partial charge >= 0.3 is 0 Å². The molecule has 0 radical (unpaired) electrons. The SMILES string of the molecule is O=C(C[C@@H](c1ccsc1)n1cnnn1)Nc1ccc(Cl)nc1. The molecule has 0 bridgehead atoms. The smallest absolute Gasteiger partial charge is 0.226 e. The highest BCUT2D eigenvalue weighted by Gasteiger charge is 2.19. The van der Waals surface area contributed by atoms with Crippen LogP contribution in [0.2, 0.25) is 5.15 Å². The Balaban J connectivity index is 1.73. The summed E-state index contributed by atoms with van der Waals surface area (Å²) in [5.41, 5.74) is 1.58. The third kappa shape index (κ3) is 3.46. The van der Waals surface area contributed by atoms with Crippen LogP contribution in [0.3, 0.4) is 0 Å². The van der Waals surface area contributed by atoms with Gasteiger partial charge in [0.1, 0.15) is 11.5 Å². The van der Waals surface area contributed by atoms with Crippen molar-refractivity contribution in [1.29, 1.82) is 0 Å². The normalized spacial score (nSPS) is 12.0. The van der Waals surface area contributed by atoms with E-state index in [-0.39, 0.29) is 18.4 Å². The quantitative estimate of drug-likeness (QED) is 0.724. The van der Waals surface area contributed by atoms with E-state index in [0.717, 1.165) is 5.56 Å². The van der Waals surface area contributed by atoms with Gasteiger partial charge in [-0.05, 0) is 44.9 Å². The molecule has 0 aliphatic rings. The van der Waals surface area contributed by atoms with Crippen molar-refractivity contribution in [2.75, 3.05) is 5.32 Å². The molecule has 3 heterocycles. The lowest BCUT2D eigenvalue weighted by Crippen LogP contribution is -2.20. The molecule has 3 aromatic heterocycles. The first-order valence-corrected chi connectivity index (χ1v) is 7.70. The summed E-state index contributed by atoms with van der Waals surface area (Å²) >= 11 is 7.28. The molecule has 0 aliphatic carbocycles. The van der Waals surface area contributed by atoms with Gasteiger partial charge in [-0.1, -0.05) is 11.6 Å². The van der Waals surface area contributed by atoms with Crippen molar-refractivity contribution in [2.45, 2.75) is 12.5 Å². The van der Waals surface area contributed by atoms with Crippen molar-refractivity contribution in [1.82, 2.24) is 25.2 Å². The van der Waals surface area contributed by atoms with Crippen molar-refractivity contribution >= 4 is 34.5 Å². The molecule has 3 rings (SSSR count). The molecule has 0 saturated heterocycles. The van der Waals surface area contributed by atoms with Crippen LogP contribution in [-0.4, -0.2) is 31.1 Å². The summed E-state index contributed by atoms with van der Waals surface area (Å²) in [6.45, 7) is 0. The fourth-order valence-corrected chi connectivity index (χ4v) is 2.80. The van der Waals surface area contributed by atoms with Crippen LogP contribution >= 0.6 is 22.9 Å². The van der Waals surface area contributed by atoms with Crippen LogP contribution in [0.5, 0.6) is 0 Å². The zero-order valence-corrected chi connectivity index (χ0v) is 12.8. The van der Waals surface area contributed by atoms with E-state index < -0.39 is 0 Å². The molecule has 1 atom stereocenters. The molecule has 1 N–H and O–H groups in total. The van der Waals surface area contributed by atoms with Crippen LogP contribution in [0.1, 0.15) is 18.0 Å². The first-order valence-electron chi connectivity index (χ1n) is 6.38. The number of amides is 1. The van der Waals surface area contributed by atoms with Gasteiger partial charge in [0.15, 0.2) is 0 Å². The Morgan fingerprint density at radius 1 is 1.41 bits per heavy atom. The number of halogens is 1. The number of pyridine rings is 1. The monoisotopic (exact) mass is 334 g/mol. The fraction of sp³-hybridized carbons (Fsp3) is 0.154. The topological polar surface area (TPSA) is 85.6 Å². The molecule has 112 valence electrons. The lowest BCUT2D eigenvalue weighted by atomic mass is 10.1. The van der Waals surface area contributed by atoms with Gasteiger partial charge in [-0.15, -0.1) is 5.10 Å². The Kier molecular flexibility index (Phi) is 4.40. The van der Waals surface area contributed by atoms with Gasteiger partial charge in [-0.2, -0.15) is 11.3 Å². The fourth-order valence-electron chi connectivity index (χ4n) is 1.98. The van der Waals surface area contributed by atoms with E-state index >= 15 is 0 Å². The predicted octanol–water partition coefficient (Wildman–Crippen LogP) is 2.40. The van der Waals surface area contributed by atoms with E-state index in [1.807, 2.05) is 16.8 Å². The van der Waals surface area contributed by atoms with Crippen LogP contribution < -0.4 is 5.32 Å². The number of nitrogens with zero attached hydrogens (tertiary/aromatic N) is 5. The maximum absolute atomic E-state index is 12.2. The minimum atomic E-state index is -0.249. The van der Waals surface area contributed by atoms with Crippen LogP contribution in [-0.2, 0) is 4.79 Å². The van der Waals surface area contributed by atoms with Crippen LogP contribution in [0.25, 0.3) is 0 Å². The number of hydrogen-bond acceptors (Lipinski definition) is 6. The van der Waals surface area contributed by atoms with E-state index in [1.54, 1.807) is 28.2 Å². The molecule has 0 spiro atoms. The van der Waals surface area contributed by atoms with Crippen LogP contribution in [0, 0.1) is 0 Å². The van der Waals surface area contributed by atoms with Gasteiger partial charge in [0.05, 0.1) is 24.3 Å². The molecule has 0 aromatic carbocycles. The van der Waals surface area contributed by atoms with E-state index in [2.05, 4.69) is 25.8 Å². The number of carbonyl (C=O) groups excluding carboxylic acids is 1. The highest BCUT2D eigenvalue weighted by Crippen LogP contribution is 2.23. The number of thiophene rings is 1. The second kappa shape index (κ2) is 6.63. The molecule has 0 fully saturated rings. The average Bonchev–Trinajstić information content (AvgIpc) is 3.21. The number of hydrogen-bond donors (Lipinski definition) is 1. The first kappa shape index (κ1) is 14.6. The van der Waals surface area contributed by atoms with Gasteiger partial charge in [-0.25, -0.2) is 9.67 Å². The van der Waals surface area contributed by atoms with Crippen LogP contribution in [0.15, 0.2) is 41.5 Å². The van der Waals surface area contributed by atoms with E-state index in [1.165, 1.54) is 12.5 Å². The molecule has 22 heavy (non-hydrogen) atoms. The number of carbonyl (C=O) groups is 1. The molecule has 0 unspecified atom stereocenters. The van der Waals surface area contributed by atoms with Crippen molar-refractivity contribution in [3.63, 3.8) is 0 Å². The highest BCUT2D eigenvalue weighted by molar-refractivity contribution is 7.08. The highest BCUT2D eigenvalue weighted by atomic mass is 35.5. The number of aromatic nitrogens is 5. The number of rotatable bonds is 5. The largest absolute Gasteiger partial charge is 0.325 e. The minimum absolute atomic E-state index is 0.157.